The number of anilines is 1. The minimum Gasteiger partial charge on any atom is -0.444 e. The second-order valence-corrected chi connectivity index (χ2v) is 9.90. The van der Waals surface area contributed by atoms with Crippen LogP contribution >= 0.6 is 23.2 Å². The highest BCUT2D eigenvalue weighted by Gasteiger charge is 2.52. The minimum absolute atomic E-state index is 0.134. The van der Waals surface area contributed by atoms with Crippen molar-refractivity contribution >= 4 is 48.2 Å². The first-order chi connectivity index (χ1) is 13.1. The van der Waals surface area contributed by atoms with Crippen LogP contribution in [0, 0.1) is 0 Å². The number of carbonyl (C=O) groups is 1. The molecule has 1 aliphatic heterocycles. The summed E-state index contributed by atoms with van der Waals surface area (Å²) in [6.07, 6.45) is 1.23. The van der Waals surface area contributed by atoms with Gasteiger partial charge in [0, 0.05) is 11.6 Å². The fourth-order valence-electron chi connectivity index (χ4n) is 2.61. The molecule has 1 saturated heterocycles. The van der Waals surface area contributed by atoms with Gasteiger partial charge in [-0.1, -0.05) is 29.3 Å². The van der Waals surface area contributed by atoms with Gasteiger partial charge in [-0.2, -0.15) is 0 Å². The fourth-order valence-corrected chi connectivity index (χ4v) is 3.12. The molecule has 0 aliphatic carbocycles. The maximum absolute atomic E-state index is 12.2. The number of benzene rings is 1. The van der Waals surface area contributed by atoms with Crippen LogP contribution in [-0.4, -0.2) is 36.6 Å². The van der Waals surface area contributed by atoms with Crippen molar-refractivity contribution in [2.75, 3.05) is 12.3 Å². The molecule has 1 fully saturated rings. The maximum atomic E-state index is 12.2. The Hall–Kier alpha value is -1.41. The number of hydrogen-bond acceptors (Lipinski definition) is 5. The number of carbonyl (C=O) groups excluding carboxylic acids is 1. The summed E-state index contributed by atoms with van der Waals surface area (Å²) in [7, 11) is -0.688. The molecule has 1 aromatic carbocycles. The molecule has 1 amide bonds. The van der Waals surface area contributed by atoms with Crippen LogP contribution in [0.5, 0.6) is 0 Å². The molecule has 0 aromatic heterocycles. The van der Waals surface area contributed by atoms with E-state index in [1.165, 1.54) is 0 Å². The molecule has 3 N–H and O–H groups in total. The van der Waals surface area contributed by atoms with Crippen LogP contribution in [0.4, 0.5) is 10.5 Å². The van der Waals surface area contributed by atoms with Crippen molar-refractivity contribution in [2.45, 2.75) is 65.3 Å². The Balaban J connectivity index is 2.35. The number of rotatable bonds is 4. The summed E-state index contributed by atoms with van der Waals surface area (Å²) in [4.78, 5) is 12.2. The number of nitrogens with one attached hydrogen (secondary N) is 1. The Morgan fingerprint density at radius 2 is 1.76 bits per heavy atom. The van der Waals surface area contributed by atoms with Gasteiger partial charge in [0.15, 0.2) is 0 Å². The molecule has 6 nitrogen and oxygen atoms in total. The van der Waals surface area contributed by atoms with Gasteiger partial charge < -0.3 is 25.1 Å². The Bertz CT molecular complexity index is 803. The predicted octanol–water partition coefficient (Wildman–Crippen LogP) is 5.12. The van der Waals surface area contributed by atoms with E-state index in [1.807, 2.05) is 27.7 Å². The van der Waals surface area contributed by atoms with E-state index in [9.17, 15) is 4.79 Å². The predicted molar refractivity (Wildman–Crippen MR) is 119 cm³/mol. The molecular weight excluding hydrogens is 414 g/mol. The van der Waals surface area contributed by atoms with Crippen LogP contribution in [0.2, 0.25) is 10.0 Å². The topological polar surface area (TPSA) is 82.8 Å². The Morgan fingerprint density at radius 1 is 1.21 bits per heavy atom. The van der Waals surface area contributed by atoms with Crippen molar-refractivity contribution in [3.63, 3.8) is 0 Å². The molecule has 0 unspecified atom stereocenters. The van der Waals surface area contributed by atoms with Gasteiger partial charge in [0.1, 0.15) is 5.60 Å². The lowest BCUT2D eigenvalue weighted by molar-refractivity contribution is 0.00578. The molecule has 0 saturated carbocycles. The minimum atomic E-state index is -0.688. The van der Waals surface area contributed by atoms with Crippen molar-refractivity contribution in [2.24, 2.45) is 0 Å². The highest BCUT2D eigenvalue weighted by atomic mass is 35.5. The third-order valence-corrected chi connectivity index (χ3v) is 5.39. The highest BCUT2D eigenvalue weighted by Crippen LogP contribution is 2.39. The normalized spacial score (nSPS) is 18.7. The summed E-state index contributed by atoms with van der Waals surface area (Å²) < 4.78 is 17.6. The molecule has 9 heteroatoms. The van der Waals surface area contributed by atoms with Crippen LogP contribution in [0.15, 0.2) is 17.6 Å². The van der Waals surface area contributed by atoms with E-state index in [2.05, 4.69) is 5.32 Å². The van der Waals surface area contributed by atoms with Crippen molar-refractivity contribution in [3.8, 4) is 0 Å². The van der Waals surface area contributed by atoms with Crippen LogP contribution < -0.4 is 11.1 Å². The zero-order valence-electron chi connectivity index (χ0n) is 18.0. The first-order valence-corrected chi connectivity index (χ1v) is 10.1. The number of nitrogens with two attached hydrogens (primary N) is 1. The quantitative estimate of drug-likeness (QED) is 0.499. The van der Waals surface area contributed by atoms with Gasteiger partial charge in [-0.15, -0.1) is 0 Å². The van der Waals surface area contributed by atoms with Gasteiger partial charge in [0.05, 0.1) is 21.9 Å². The first-order valence-electron chi connectivity index (χ1n) is 9.39. The first kappa shape index (κ1) is 23.9. The summed E-state index contributed by atoms with van der Waals surface area (Å²) in [6.45, 7) is 13.3. The van der Waals surface area contributed by atoms with Gasteiger partial charge >= 0.3 is 13.2 Å². The smallest absolute Gasteiger partial charge is 0.444 e. The van der Waals surface area contributed by atoms with Gasteiger partial charge in [-0.05, 0) is 71.6 Å². The van der Waals surface area contributed by atoms with Crippen LogP contribution in [0.25, 0.3) is 6.08 Å². The highest BCUT2D eigenvalue weighted by molar-refractivity contribution is 6.56. The zero-order chi connectivity index (χ0) is 22.2. The second-order valence-electron chi connectivity index (χ2n) is 9.05. The lowest BCUT2D eigenvalue weighted by Crippen LogP contribution is -2.41. The van der Waals surface area contributed by atoms with Crippen LogP contribution in [0.1, 0.15) is 54.0 Å². The number of nitrogen functional groups attached to an aromatic ring is 1. The third-order valence-electron chi connectivity index (χ3n) is 4.86. The van der Waals surface area contributed by atoms with Gasteiger partial charge in [-0.25, -0.2) is 4.79 Å². The van der Waals surface area contributed by atoms with Gasteiger partial charge in [-0.3, -0.25) is 0 Å². The molecular formula is C20H29BCl2N2O4. The largest absolute Gasteiger partial charge is 0.492 e. The maximum Gasteiger partial charge on any atom is 0.492 e. The Kier molecular flexibility index (Phi) is 6.90. The lowest BCUT2D eigenvalue weighted by Gasteiger charge is -2.32. The Labute approximate surface area is 183 Å². The van der Waals surface area contributed by atoms with Crippen molar-refractivity contribution < 1.29 is 18.8 Å². The Morgan fingerprint density at radius 3 is 2.28 bits per heavy atom. The standard InChI is InChI=1S/C20H29BCl2N2O4/c1-18(2,3)27-17(26)25-11-13(21-28-19(4,5)20(6,7)29-21)8-12-9-14(22)10-15(23)16(12)24/h8-10H,11,24H2,1-7H3,(H,25,26). The summed E-state index contributed by atoms with van der Waals surface area (Å²) in [5, 5.41) is 3.54. The van der Waals surface area contributed by atoms with E-state index >= 15 is 0 Å². The summed E-state index contributed by atoms with van der Waals surface area (Å²) in [5.41, 5.74) is 6.06. The number of hydrogen-bond donors (Lipinski definition) is 2. The van der Waals surface area contributed by atoms with Crippen molar-refractivity contribution in [1.82, 2.24) is 5.32 Å². The van der Waals surface area contributed by atoms with Crippen molar-refractivity contribution in [1.29, 1.82) is 0 Å². The molecule has 1 aromatic rings. The number of ether oxygens (including phenoxy) is 1. The average molecular weight is 443 g/mol. The van der Waals surface area contributed by atoms with Crippen LogP contribution in [-0.2, 0) is 14.0 Å². The molecule has 29 heavy (non-hydrogen) atoms. The molecule has 0 radical (unpaired) electrons. The van der Waals surface area contributed by atoms with Gasteiger partial charge in [0.25, 0.3) is 0 Å². The van der Waals surface area contributed by atoms with E-state index in [-0.39, 0.29) is 6.54 Å². The number of amides is 1. The SMILES string of the molecule is CC(C)(C)OC(=O)NCC(=Cc1cc(Cl)cc(Cl)c1N)B1OC(C)(C)C(C)(C)O1. The molecule has 1 aliphatic rings. The van der Waals surface area contributed by atoms with E-state index in [4.69, 9.17) is 43.0 Å². The summed E-state index contributed by atoms with van der Waals surface area (Å²) >= 11 is 12.3. The van der Waals surface area contributed by atoms with Crippen molar-refractivity contribution in [3.05, 3.63) is 33.2 Å². The third kappa shape index (κ3) is 6.04. The van der Waals surface area contributed by atoms with E-state index in [1.54, 1.807) is 39.0 Å². The summed E-state index contributed by atoms with van der Waals surface area (Å²) in [5.74, 6) is 0. The number of alkyl carbamates (subject to hydrolysis) is 1. The molecule has 0 atom stereocenters. The zero-order valence-corrected chi connectivity index (χ0v) is 19.5. The molecule has 0 spiro atoms. The molecule has 160 valence electrons. The second kappa shape index (κ2) is 8.38. The lowest BCUT2D eigenvalue weighted by atomic mass is 9.77. The average Bonchev–Trinajstić information content (AvgIpc) is 2.74. The van der Waals surface area contributed by atoms with E-state index in [0.717, 1.165) is 0 Å². The monoisotopic (exact) mass is 442 g/mol. The molecule has 1 heterocycles. The van der Waals surface area contributed by atoms with E-state index in [0.29, 0.717) is 26.8 Å². The van der Waals surface area contributed by atoms with Gasteiger partial charge in [0.2, 0.25) is 0 Å². The van der Waals surface area contributed by atoms with E-state index < -0.39 is 30.0 Å². The fraction of sp³-hybridized carbons (Fsp3) is 0.550. The molecule has 0 bridgehead atoms. The summed E-state index contributed by atoms with van der Waals surface area (Å²) in [6, 6.07) is 3.27. The number of halogens is 2. The molecule has 2 rings (SSSR count). The van der Waals surface area contributed by atoms with Crippen LogP contribution in [0.3, 0.4) is 0 Å².